The van der Waals surface area contributed by atoms with Crippen LogP contribution < -0.4 is 15.8 Å². The molecule has 0 saturated carbocycles. The number of rotatable bonds is 4. The number of hydrogen-bond acceptors (Lipinski definition) is 8. The Hall–Kier alpha value is -3.01. The smallest absolute Gasteiger partial charge is 0.241 e. The third kappa shape index (κ3) is 3.51. The summed E-state index contributed by atoms with van der Waals surface area (Å²) >= 11 is 1.41. The molecule has 0 aliphatic carbocycles. The standard InChI is InChI=1S/C21H20N6O2S/c1-13-7-5-6-10-15(13)19-23-17(29-26-19)12-30-21-24-18-16(11-22-25-18)20(28)27(21)14-8-3-2-4-9-14/h2-10,16,18,22,25H,11-12H2,1H3. The Morgan fingerprint density at radius 3 is 2.80 bits per heavy atom. The van der Waals surface area contributed by atoms with Crippen LogP contribution >= 0.6 is 11.8 Å². The molecule has 2 aliphatic heterocycles. The summed E-state index contributed by atoms with van der Waals surface area (Å²) in [5, 5.41) is 4.72. The highest BCUT2D eigenvalue weighted by Crippen LogP contribution is 2.30. The van der Waals surface area contributed by atoms with Crippen molar-refractivity contribution in [3.05, 3.63) is 66.1 Å². The van der Waals surface area contributed by atoms with Crippen molar-refractivity contribution in [1.82, 2.24) is 21.0 Å². The molecule has 2 unspecified atom stereocenters. The van der Waals surface area contributed by atoms with Crippen molar-refractivity contribution in [3.8, 4) is 11.4 Å². The number of hydrazine groups is 1. The predicted molar refractivity (Wildman–Crippen MR) is 116 cm³/mol. The van der Waals surface area contributed by atoms with Crippen LogP contribution in [-0.4, -0.2) is 33.9 Å². The normalized spacial score (nSPS) is 20.9. The second kappa shape index (κ2) is 8.02. The van der Waals surface area contributed by atoms with Gasteiger partial charge in [-0.3, -0.25) is 15.1 Å². The molecule has 2 aliphatic rings. The van der Waals surface area contributed by atoms with Crippen molar-refractivity contribution in [1.29, 1.82) is 0 Å². The number of nitrogens with one attached hydrogen (secondary N) is 2. The summed E-state index contributed by atoms with van der Waals surface area (Å²) in [6.07, 6.45) is -0.273. The first-order valence-electron chi connectivity index (χ1n) is 9.67. The molecule has 2 atom stereocenters. The maximum atomic E-state index is 13.2. The lowest BCUT2D eigenvalue weighted by molar-refractivity contribution is -0.121. The van der Waals surface area contributed by atoms with Crippen molar-refractivity contribution in [2.24, 2.45) is 10.9 Å². The Kier molecular flexibility index (Phi) is 5.07. The summed E-state index contributed by atoms with van der Waals surface area (Å²) < 4.78 is 5.45. The van der Waals surface area contributed by atoms with Crippen LogP contribution in [0.15, 0.2) is 64.1 Å². The fourth-order valence-corrected chi connectivity index (χ4v) is 4.44. The third-order valence-corrected chi connectivity index (χ3v) is 6.06. The molecule has 2 aromatic carbocycles. The van der Waals surface area contributed by atoms with E-state index in [1.807, 2.05) is 61.5 Å². The molecule has 5 rings (SSSR count). The summed E-state index contributed by atoms with van der Waals surface area (Å²) in [7, 11) is 0. The van der Waals surface area contributed by atoms with Gasteiger partial charge in [-0.15, -0.1) is 0 Å². The zero-order chi connectivity index (χ0) is 20.5. The fourth-order valence-electron chi connectivity index (χ4n) is 3.56. The van der Waals surface area contributed by atoms with Gasteiger partial charge in [0.2, 0.25) is 17.6 Å². The van der Waals surface area contributed by atoms with Gasteiger partial charge in [0, 0.05) is 12.1 Å². The van der Waals surface area contributed by atoms with Crippen LogP contribution in [-0.2, 0) is 10.5 Å². The number of carbonyl (C=O) groups is 1. The zero-order valence-electron chi connectivity index (χ0n) is 16.3. The van der Waals surface area contributed by atoms with E-state index in [9.17, 15) is 4.79 Å². The minimum atomic E-state index is -0.273. The summed E-state index contributed by atoms with van der Waals surface area (Å²) in [6.45, 7) is 2.57. The highest BCUT2D eigenvalue weighted by atomic mass is 32.2. The van der Waals surface area contributed by atoms with E-state index in [1.165, 1.54) is 11.8 Å². The molecule has 0 bridgehead atoms. The van der Waals surface area contributed by atoms with Crippen molar-refractivity contribution < 1.29 is 9.32 Å². The Bertz CT molecular complexity index is 1100. The van der Waals surface area contributed by atoms with Gasteiger partial charge in [-0.2, -0.15) is 4.98 Å². The van der Waals surface area contributed by atoms with Gasteiger partial charge in [0.15, 0.2) is 5.17 Å². The van der Waals surface area contributed by atoms with Gasteiger partial charge in [0.05, 0.1) is 17.4 Å². The van der Waals surface area contributed by atoms with Gasteiger partial charge in [-0.25, -0.2) is 10.4 Å². The summed E-state index contributed by atoms with van der Waals surface area (Å²) in [4.78, 5) is 24.1. The van der Waals surface area contributed by atoms with Crippen molar-refractivity contribution >= 4 is 28.5 Å². The van der Waals surface area contributed by atoms with Gasteiger partial charge in [0.1, 0.15) is 6.17 Å². The molecule has 0 radical (unpaired) electrons. The number of hydrogen-bond donors (Lipinski definition) is 2. The number of anilines is 1. The van der Waals surface area contributed by atoms with Crippen LogP contribution in [0.4, 0.5) is 5.69 Å². The van der Waals surface area contributed by atoms with E-state index in [0.29, 0.717) is 29.2 Å². The quantitative estimate of drug-likeness (QED) is 0.670. The summed E-state index contributed by atoms with van der Waals surface area (Å²) in [5.74, 6) is 1.25. The second-order valence-electron chi connectivity index (χ2n) is 7.11. The van der Waals surface area contributed by atoms with E-state index < -0.39 is 0 Å². The lowest BCUT2D eigenvalue weighted by Gasteiger charge is -2.32. The number of carbonyl (C=O) groups excluding carboxylic acids is 1. The van der Waals surface area contributed by atoms with Crippen LogP contribution in [0.3, 0.4) is 0 Å². The molecule has 2 N–H and O–H groups in total. The lowest BCUT2D eigenvalue weighted by Crippen LogP contribution is -2.49. The van der Waals surface area contributed by atoms with E-state index in [0.717, 1.165) is 16.8 Å². The molecule has 1 amide bonds. The molecule has 30 heavy (non-hydrogen) atoms. The lowest BCUT2D eigenvalue weighted by atomic mass is 10.1. The summed E-state index contributed by atoms with van der Waals surface area (Å²) in [5.41, 5.74) is 8.93. The van der Waals surface area contributed by atoms with Gasteiger partial charge in [0.25, 0.3) is 0 Å². The number of benzene rings is 2. The molecule has 8 nitrogen and oxygen atoms in total. The molecule has 3 aromatic rings. The van der Waals surface area contributed by atoms with Crippen molar-refractivity contribution in [2.45, 2.75) is 18.8 Å². The largest absolute Gasteiger partial charge is 0.338 e. The van der Waals surface area contributed by atoms with Gasteiger partial charge in [-0.05, 0) is 24.6 Å². The number of amides is 1. The number of fused-ring (bicyclic) bond motifs is 1. The first-order chi connectivity index (χ1) is 14.7. The SMILES string of the molecule is Cc1ccccc1-c1noc(CSC2=NC3NNCC3C(=O)N2c2ccccc2)n1. The average molecular weight is 420 g/mol. The number of amidine groups is 1. The highest BCUT2D eigenvalue weighted by Gasteiger charge is 2.42. The van der Waals surface area contributed by atoms with Crippen LogP contribution in [0.25, 0.3) is 11.4 Å². The number of para-hydroxylation sites is 1. The molecule has 1 fully saturated rings. The van der Waals surface area contributed by atoms with E-state index in [4.69, 9.17) is 9.52 Å². The van der Waals surface area contributed by atoms with E-state index in [1.54, 1.807) is 4.90 Å². The minimum absolute atomic E-state index is 0.0207. The Morgan fingerprint density at radius 1 is 1.17 bits per heavy atom. The number of aromatic nitrogens is 2. The maximum Gasteiger partial charge on any atom is 0.241 e. The topological polar surface area (TPSA) is 95.7 Å². The van der Waals surface area contributed by atoms with Crippen LogP contribution in [0.5, 0.6) is 0 Å². The first kappa shape index (κ1) is 19.0. The van der Waals surface area contributed by atoms with Gasteiger partial charge >= 0.3 is 0 Å². The molecular formula is C21H20N6O2S. The number of aryl methyl sites for hydroxylation is 1. The monoisotopic (exact) mass is 420 g/mol. The van der Waals surface area contributed by atoms with E-state index in [2.05, 4.69) is 21.0 Å². The summed E-state index contributed by atoms with van der Waals surface area (Å²) in [6, 6.07) is 17.5. The maximum absolute atomic E-state index is 13.2. The molecule has 0 spiro atoms. The average Bonchev–Trinajstić information content (AvgIpc) is 3.43. The highest BCUT2D eigenvalue weighted by molar-refractivity contribution is 8.13. The first-order valence-corrected chi connectivity index (χ1v) is 10.7. The molecule has 1 saturated heterocycles. The van der Waals surface area contributed by atoms with Gasteiger partial charge < -0.3 is 4.52 Å². The number of aliphatic imine (C=N–C) groups is 1. The van der Waals surface area contributed by atoms with Crippen LogP contribution in [0, 0.1) is 12.8 Å². The van der Waals surface area contributed by atoms with Crippen molar-refractivity contribution in [2.75, 3.05) is 11.4 Å². The van der Waals surface area contributed by atoms with E-state index >= 15 is 0 Å². The molecule has 1 aromatic heterocycles. The second-order valence-corrected chi connectivity index (χ2v) is 8.06. The van der Waals surface area contributed by atoms with Gasteiger partial charge in [-0.1, -0.05) is 59.4 Å². The molecule has 3 heterocycles. The molecule has 9 heteroatoms. The predicted octanol–water partition coefficient (Wildman–Crippen LogP) is 2.73. The molecular weight excluding hydrogens is 400 g/mol. The third-order valence-electron chi connectivity index (χ3n) is 5.12. The number of nitrogens with zero attached hydrogens (tertiary/aromatic N) is 4. The Labute approximate surface area is 177 Å². The zero-order valence-corrected chi connectivity index (χ0v) is 17.1. The Morgan fingerprint density at radius 2 is 1.97 bits per heavy atom. The van der Waals surface area contributed by atoms with Crippen LogP contribution in [0.1, 0.15) is 11.5 Å². The minimum Gasteiger partial charge on any atom is -0.338 e. The number of thioether (sulfide) groups is 1. The van der Waals surface area contributed by atoms with E-state index in [-0.39, 0.29) is 18.0 Å². The fraction of sp³-hybridized carbons (Fsp3) is 0.238. The molecule has 152 valence electrons. The van der Waals surface area contributed by atoms with Crippen LogP contribution in [0.2, 0.25) is 0 Å². The van der Waals surface area contributed by atoms with Crippen molar-refractivity contribution in [3.63, 3.8) is 0 Å². The Balaban J connectivity index is 1.39.